The summed E-state index contributed by atoms with van der Waals surface area (Å²) >= 11 is 0.438. The van der Waals surface area contributed by atoms with Gasteiger partial charge in [-0.3, -0.25) is 0 Å². The summed E-state index contributed by atoms with van der Waals surface area (Å²) < 4.78 is 6.68. The molecule has 0 saturated carbocycles. The fourth-order valence-corrected chi connectivity index (χ4v) is 3.54. The Morgan fingerprint density at radius 3 is 2.38 bits per heavy atom. The Hall–Kier alpha value is -1.24. The van der Waals surface area contributed by atoms with Crippen molar-refractivity contribution in [2.75, 3.05) is 7.11 Å². The fraction of sp³-hybridized carbons (Fsp3) is 0.143. The van der Waals surface area contributed by atoms with Crippen LogP contribution in [0.3, 0.4) is 0 Å². The van der Waals surface area contributed by atoms with Gasteiger partial charge in [-0.25, -0.2) is 0 Å². The van der Waals surface area contributed by atoms with Gasteiger partial charge in [0.25, 0.3) is 0 Å². The van der Waals surface area contributed by atoms with Crippen LogP contribution in [0.15, 0.2) is 54.6 Å². The second-order valence-electron chi connectivity index (χ2n) is 3.43. The molecule has 0 radical (unpaired) electrons. The maximum atomic E-state index is 5.35. The van der Waals surface area contributed by atoms with Gasteiger partial charge in [-0.05, 0) is 0 Å². The van der Waals surface area contributed by atoms with Crippen LogP contribution in [0.2, 0.25) is 0 Å². The van der Waals surface area contributed by atoms with Gasteiger partial charge in [0.2, 0.25) is 0 Å². The number of benzene rings is 2. The van der Waals surface area contributed by atoms with E-state index in [2.05, 4.69) is 42.5 Å². The standard InChI is InChI=1S/C14H14OSe/c1-15-13-9-5-6-10-14(13)16-11-12-7-3-2-4-8-12/h2-10H,11H2,1H3. The molecule has 0 aliphatic rings. The first-order valence-electron chi connectivity index (χ1n) is 5.20. The Bertz CT molecular complexity index is 439. The predicted octanol–water partition coefficient (Wildman–Crippen LogP) is 2.22. The van der Waals surface area contributed by atoms with Crippen LogP contribution >= 0.6 is 0 Å². The Morgan fingerprint density at radius 1 is 0.938 bits per heavy atom. The molecule has 2 heteroatoms. The van der Waals surface area contributed by atoms with Crippen LogP contribution in [-0.2, 0) is 5.32 Å². The van der Waals surface area contributed by atoms with Gasteiger partial charge in [0.05, 0.1) is 0 Å². The first kappa shape index (κ1) is 11.3. The Morgan fingerprint density at radius 2 is 1.62 bits per heavy atom. The number of ether oxygens (including phenoxy) is 1. The van der Waals surface area contributed by atoms with Crippen molar-refractivity contribution in [3.63, 3.8) is 0 Å². The molecular weight excluding hydrogens is 263 g/mol. The van der Waals surface area contributed by atoms with E-state index in [1.54, 1.807) is 7.11 Å². The van der Waals surface area contributed by atoms with Gasteiger partial charge in [-0.15, -0.1) is 0 Å². The van der Waals surface area contributed by atoms with Crippen LogP contribution in [0.4, 0.5) is 0 Å². The molecule has 2 aromatic rings. The molecule has 0 N–H and O–H groups in total. The summed E-state index contributed by atoms with van der Waals surface area (Å²) in [6, 6.07) is 18.9. The van der Waals surface area contributed by atoms with E-state index in [-0.39, 0.29) is 0 Å². The van der Waals surface area contributed by atoms with Gasteiger partial charge < -0.3 is 0 Å². The third-order valence-electron chi connectivity index (χ3n) is 2.31. The van der Waals surface area contributed by atoms with Crippen LogP contribution in [-0.4, -0.2) is 22.1 Å². The molecule has 0 bridgehead atoms. The summed E-state index contributed by atoms with van der Waals surface area (Å²) in [7, 11) is 1.73. The van der Waals surface area contributed by atoms with Gasteiger partial charge >= 0.3 is 102 Å². The van der Waals surface area contributed by atoms with Gasteiger partial charge in [-0.2, -0.15) is 0 Å². The van der Waals surface area contributed by atoms with E-state index < -0.39 is 0 Å². The van der Waals surface area contributed by atoms with Crippen molar-refractivity contribution in [2.45, 2.75) is 5.32 Å². The Kier molecular flexibility index (Phi) is 4.03. The molecule has 0 aliphatic heterocycles. The summed E-state index contributed by atoms with van der Waals surface area (Å²) in [4.78, 5) is 0. The molecule has 0 amide bonds. The second-order valence-corrected chi connectivity index (χ2v) is 5.56. The summed E-state index contributed by atoms with van der Waals surface area (Å²) in [6.07, 6.45) is 0. The first-order valence-corrected chi connectivity index (χ1v) is 7.26. The van der Waals surface area contributed by atoms with Crippen molar-refractivity contribution in [2.24, 2.45) is 0 Å². The van der Waals surface area contributed by atoms with Gasteiger partial charge in [-0.1, -0.05) is 0 Å². The predicted molar refractivity (Wildman–Crippen MR) is 68.5 cm³/mol. The van der Waals surface area contributed by atoms with E-state index in [1.807, 2.05) is 12.1 Å². The van der Waals surface area contributed by atoms with Crippen molar-refractivity contribution >= 4 is 19.4 Å². The molecule has 2 rings (SSSR count). The SMILES string of the molecule is COc1ccccc1[Se]Cc1ccccc1. The molecule has 0 heterocycles. The van der Waals surface area contributed by atoms with Gasteiger partial charge in [0.1, 0.15) is 0 Å². The number of para-hydroxylation sites is 1. The topological polar surface area (TPSA) is 9.23 Å². The average molecular weight is 277 g/mol. The summed E-state index contributed by atoms with van der Waals surface area (Å²) in [5.41, 5.74) is 1.40. The van der Waals surface area contributed by atoms with Crippen LogP contribution in [0, 0.1) is 0 Å². The third kappa shape index (κ3) is 2.88. The monoisotopic (exact) mass is 278 g/mol. The molecule has 0 fully saturated rings. The number of rotatable bonds is 4. The Labute approximate surface area is 103 Å². The Balaban J connectivity index is 2.05. The average Bonchev–Trinajstić information content (AvgIpc) is 2.38. The third-order valence-corrected chi connectivity index (χ3v) is 4.67. The zero-order valence-electron chi connectivity index (χ0n) is 9.22. The molecule has 0 saturated heterocycles. The van der Waals surface area contributed by atoms with E-state index >= 15 is 0 Å². The number of hydrogen-bond donors (Lipinski definition) is 0. The van der Waals surface area contributed by atoms with Crippen molar-refractivity contribution < 1.29 is 4.74 Å². The van der Waals surface area contributed by atoms with Crippen molar-refractivity contribution in [1.29, 1.82) is 0 Å². The molecular formula is C14H14OSe. The van der Waals surface area contributed by atoms with Crippen molar-refractivity contribution in [3.8, 4) is 5.75 Å². The van der Waals surface area contributed by atoms with Crippen LogP contribution < -0.4 is 9.20 Å². The number of methoxy groups -OCH3 is 1. The van der Waals surface area contributed by atoms with Crippen LogP contribution in [0.1, 0.15) is 5.56 Å². The minimum absolute atomic E-state index is 0.438. The molecule has 82 valence electrons. The summed E-state index contributed by atoms with van der Waals surface area (Å²) in [5, 5.41) is 1.12. The molecule has 0 spiro atoms. The molecule has 0 unspecified atom stereocenters. The zero-order valence-corrected chi connectivity index (χ0v) is 10.9. The van der Waals surface area contributed by atoms with E-state index in [4.69, 9.17) is 4.74 Å². The van der Waals surface area contributed by atoms with Crippen molar-refractivity contribution in [3.05, 3.63) is 60.2 Å². The summed E-state index contributed by atoms with van der Waals surface area (Å²) in [6.45, 7) is 0. The second kappa shape index (κ2) is 5.74. The normalized spacial score (nSPS) is 10.1. The van der Waals surface area contributed by atoms with Crippen LogP contribution in [0.5, 0.6) is 5.75 Å². The minimum atomic E-state index is 0.438. The molecule has 0 aliphatic carbocycles. The molecule has 0 aromatic heterocycles. The van der Waals surface area contributed by atoms with E-state index in [0.29, 0.717) is 15.0 Å². The quantitative estimate of drug-likeness (QED) is 0.779. The van der Waals surface area contributed by atoms with E-state index in [9.17, 15) is 0 Å². The van der Waals surface area contributed by atoms with Gasteiger partial charge in [0, 0.05) is 0 Å². The van der Waals surface area contributed by atoms with Gasteiger partial charge in [0.15, 0.2) is 0 Å². The summed E-state index contributed by atoms with van der Waals surface area (Å²) in [5.74, 6) is 1.01. The molecule has 0 atom stereocenters. The first-order chi connectivity index (χ1) is 7.90. The molecule has 2 aromatic carbocycles. The zero-order chi connectivity index (χ0) is 11.2. The maximum absolute atomic E-state index is 5.35. The van der Waals surface area contributed by atoms with Crippen molar-refractivity contribution in [1.82, 2.24) is 0 Å². The molecule has 1 nitrogen and oxygen atoms in total. The molecule has 16 heavy (non-hydrogen) atoms. The van der Waals surface area contributed by atoms with E-state index in [1.165, 1.54) is 10.0 Å². The fourth-order valence-electron chi connectivity index (χ4n) is 1.47. The van der Waals surface area contributed by atoms with E-state index in [0.717, 1.165) is 11.1 Å². The van der Waals surface area contributed by atoms with Crippen LogP contribution in [0.25, 0.3) is 0 Å². The number of hydrogen-bond acceptors (Lipinski definition) is 1.